The van der Waals surface area contributed by atoms with Gasteiger partial charge in [-0.3, -0.25) is 4.79 Å². The monoisotopic (exact) mass is 278 g/mol. The molecule has 1 saturated carbocycles. The van der Waals surface area contributed by atoms with E-state index < -0.39 is 32.9 Å². The number of hydrogen-bond donors (Lipinski definition) is 1. The summed E-state index contributed by atoms with van der Waals surface area (Å²) in [6.45, 7) is 0. The van der Waals surface area contributed by atoms with Crippen molar-refractivity contribution in [2.75, 3.05) is 0 Å². The summed E-state index contributed by atoms with van der Waals surface area (Å²) in [5.41, 5.74) is 0.780. The van der Waals surface area contributed by atoms with Gasteiger partial charge in [-0.25, -0.2) is 8.42 Å². The van der Waals surface area contributed by atoms with E-state index in [1.807, 2.05) is 0 Å². The van der Waals surface area contributed by atoms with E-state index in [1.54, 1.807) is 18.2 Å². The maximum absolute atomic E-state index is 12.6. The molecule has 0 heterocycles. The topological polar surface area (TPSA) is 71.4 Å². The first-order valence-corrected chi connectivity index (χ1v) is 7.78. The average molecular weight is 278 g/mol. The molecule has 100 valence electrons. The van der Waals surface area contributed by atoms with Gasteiger partial charge in [0.2, 0.25) is 0 Å². The predicted octanol–water partition coefficient (Wildman–Crippen LogP) is 1.11. The van der Waals surface area contributed by atoms with Gasteiger partial charge in [-0.2, -0.15) is 0 Å². The van der Waals surface area contributed by atoms with Gasteiger partial charge in [0.15, 0.2) is 15.6 Å². The zero-order valence-corrected chi connectivity index (χ0v) is 11.0. The Morgan fingerprint density at radius 1 is 1.16 bits per heavy atom. The first-order chi connectivity index (χ1) is 9.01. The normalized spacial score (nSPS) is 30.3. The fourth-order valence-corrected chi connectivity index (χ4v) is 4.96. The van der Waals surface area contributed by atoms with E-state index in [2.05, 4.69) is 0 Å². The highest BCUT2D eigenvalue weighted by Gasteiger charge is 2.50. The molecule has 0 spiro atoms. The molecule has 3 atom stereocenters. The standard InChI is InChI=1S/C14H14O4S/c15-11-7-6-9-8-12(16)14(13(9)11)19(17,18)10-4-2-1-3-5-10/h1-5,8,11,13-15H,6-7H2/t11-,13+,14-/m0/s1. The summed E-state index contributed by atoms with van der Waals surface area (Å²) < 4.78 is 25.1. The van der Waals surface area contributed by atoms with Crippen molar-refractivity contribution >= 4 is 15.6 Å². The van der Waals surface area contributed by atoms with E-state index in [4.69, 9.17) is 0 Å². The van der Waals surface area contributed by atoms with E-state index >= 15 is 0 Å². The Labute approximate surface area is 111 Å². The largest absolute Gasteiger partial charge is 0.392 e. The second-order valence-electron chi connectivity index (χ2n) is 5.03. The molecular weight excluding hydrogens is 264 g/mol. The molecule has 19 heavy (non-hydrogen) atoms. The number of rotatable bonds is 2. The highest BCUT2D eigenvalue weighted by molar-refractivity contribution is 7.93. The lowest BCUT2D eigenvalue weighted by Crippen LogP contribution is -2.37. The smallest absolute Gasteiger partial charge is 0.189 e. The van der Waals surface area contributed by atoms with E-state index in [1.165, 1.54) is 18.2 Å². The van der Waals surface area contributed by atoms with E-state index in [0.717, 1.165) is 5.57 Å². The molecule has 0 aliphatic heterocycles. The summed E-state index contributed by atoms with van der Waals surface area (Å²) in [7, 11) is -3.74. The number of fused-ring (bicyclic) bond motifs is 1. The van der Waals surface area contributed by atoms with Crippen LogP contribution in [-0.2, 0) is 14.6 Å². The zero-order valence-electron chi connectivity index (χ0n) is 10.2. The van der Waals surface area contributed by atoms with Gasteiger partial charge in [0, 0.05) is 5.92 Å². The molecule has 2 aliphatic carbocycles. The molecule has 1 aromatic carbocycles. The molecule has 0 bridgehead atoms. The lowest BCUT2D eigenvalue weighted by molar-refractivity contribution is -0.114. The van der Waals surface area contributed by atoms with E-state index in [9.17, 15) is 18.3 Å². The van der Waals surface area contributed by atoms with Crippen LogP contribution in [0.15, 0.2) is 46.9 Å². The summed E-state index contributed by atoms with van der Waals surface area (Å²) in [6, 6.07) is 7.96. The number of hydrogen-bond acceptors (Lipinski definition) is 4. The Kier molecular flexibility index (Phi) is 2.83. The van der Waals surface area contributed by atoms with Crippen molar-refractivity contribution in [2.24, 2.45) is 5.92 Å². The highest BCUT2D eigenvalue weighted by atomic mass is 32.2. The molecule has 0 aromatic heterocycles. The molecule has 3 rings (SSSR count). The van der Waals surface area contributed by atoms with Crippen molar-refractivity contribution < 1.29 is 18.3 Å². The van der Waals surface area contributed by atoms with Crippen LogP contribution in [0.3, 0.4) is 0 Å². The molecule has 1 N–H and O–H groups in total. The van der Waals surface area contributed by atoms with Crippen LogP contribution in [0.1, 0.15) is 12.8 Å². The van der Waals surface area contributed by atoms with Crippen molar-refractivity contribution in [1.29, 1.82) is 0 Å². The first-order valence-electron chi connectivity index (χ1n) is 6.23. The lowest BCUT2D eigenvalue weighted by atomic mass is 10.0. The Balaban J connectivity index is 2.05. The van der Waals surface area contributed by atoms with Crippen molar-refractivity contribution in [2.45, 2.75) is 29.1 Å². The molecule has 5 heteroatoms. The van der Waals surface area contributed by atoms with Gasteiger partial charge in [0.05, 0.1) is 11.0 Å². The molecule has 1 aromatic rings. The fourth-order valence-electron chi connectivity index (χ4n) is 3.02. The highest BCUT2D eigenvalue weighted by Crippen LogP contribution is 2.42. The van der Waals surface area contributed by atoms with Gasteiger partial charge in [0.1, 0.15) is 5.25 Å². The number of carbonyl (C=O) groups is 1. The fraction of sp³-hybridized carbons (Fsp3) is 0.357. The molecule has 2 aliphatic rings. The van der Waals surface area contributed by atoms with Crippen LogP contribution in [0.2, 0.25) is 0 Å². The van der Waals surface area contributed by atoms with Crippen molar-refractivity contribution in [1.82, 2.24) is 0 Å². The number of aliphatic hydroxyl groups excluding tert-OH is 1. The van der Waals surface area contributed by atoms with E-state index in [0.29, 0.717) is 12.8 Å². The maximum Gasteiger partial charge on any atom is 0.189 e. The molecule has 0 radical (unpaired) electrons. The van der Waals surface area contributed by atoms with Crippen molar-refractivity contribution in [3.8, 4) is 0 Å². The van der Waals surface area contributed by atoms with Gasteiger partial charge in [-0.05, 0) is 31.1 Å². The summed E-state index contributed by atoms with van der Waals surface area (Å²) >= 11 is 0. The molecular formula is C14H14O4S. The minimum absolute atomic E-state index is 0.141. The molecule has 0 saturated heterocycles. The van der Waals surface area contributed by atoms with Crippen molar-refractivity contribution in [3.63, 3.8) is 0 Å². The number of carbonyl (C=O) groups excluding carboxylic acids is 1. The summed E-state index contributed by atoms with van der Waals surface area (Å²) in [4.78, 5) is 12.1. The van der Waals surface area contributed by atoms with Crippen LogP contribution in [-0.4, -0.2) is 30.7 Å². The lowest BCUT2D eigenvalue weighted by Gasteiger charge is -2.20. The number of sulfone groups is 1. The van der Waals surface area contributed by atoms with Gasteiger partial charge < -0.3 is 5.11 Å². The van der Waals surface area contributed by atoms with Gasteiger partial charge in [-0.15, -0.1) is 0 Å². The average Bonchev–Trinajstić information content (AvgIpc) is 2.90. The second kappa shape index (κ2) is 4.28. The van der Waals surface area contributed by atoms with Crippen LogP contribution in [0.4, 0.5) is 0 Å². The quantitative estimate of drug-likeness (QED) is 0.879. The van der Waals surface area contributed by atoms with E-state index in [-0.39, 0.29) is 4.90 Å². The predicted molar refractivity (Wildman–Crippen MR) is 69.2 cm³/mol. The van der Waals surface area contributed by atoms with Crippen LogP contribution in [0.25, 0.3) is 0 Å². The molecule has 0 unspecified atom stereocenters. The van der Waals surface area contributed by atoms with Crippen molar-refractivity contribution in [3.05, 3.63) is 42.0 Å². The summed E-state index contributed by atoms with van der Waals surface area (Å²) in [5.74, 6) is -0.958. The Hall–Kier alpha value is -1.46. The first kappa shape index (κ1) is 12.6. The molecule has 0 amide bonds. The number of allylic oxidation sites excluding steroid dienone is 1. The zero-order chi connectivity index (χ0) is 13.6. The summed E-state index contributed by atoms with van der Waals surface area (Å²) in [5, 5.41) is 8.79. The number of aliphatic hydroxyl groups is 1. The third-order valence-corrected chi connectivity index (χ3v) is 6.04. The number of benzene rings is 1. The van der Waals surface area contributed by atoms with Crippen LogP contribution in [0, 0.1) is 5.92 Å². The third-order valence-electron chi connectivity index (χ3n) is 3.91. The number of ketones is 1. The minimum atomic E-state index is -3.74. The Morgan fingerprint density at radius 2 is 1.84 bits per heavy atom. The maximum atomic E-state index is 12.6. The minimum Gasteiger partial charge on any atom is -0.392 e. The van der Waals surface area contributed by atoms with Gasteiger partial charge in [-0.1, -0.05) is 23.8 Å². The third kappa shape index (κ3) is 1.84. The van der Waals surface area contributed by atoms with Crippen LogP contribution >= 0.6 is 0 Å². The van der Waals surface area contributed by atoms with Gasteiger partial charge in [0.25, 0.3) is 0 Å². The SMILES string of the molecule is O=C1C=C2CC[C@H](O)[C@@H]2[C@H]1S(=O)(=O)c1ccccc1. The Bertz CT molecular complexity index is 645. The Morgan fingerprint density at radius 3 is 2.53 bits per heavy atom. The van der Waals surface area contributed by atoms with Crippen LogP contribution in [0.5, 0.6) is 0 Å². The molecule has 4 nitrogen and oxygen atoms in total. The molecule has 1 fully saturated rings. The summed E-state index contributed by atoms with van der Waals surface area (Å²) in [6.07, 6.45) is 1.82. The van der Waals surface area contributed by atoms with Gasteiger partial charge >= 0.3 is 0 Å². The van der Waals surface area contributed by atoms with Crippen LogP contribution < -0.4 is 0 Å². The second-order valence-corrected chi connectivity index (χ2v) is 7.10.